The SMILES string of the molecule is CCc1ccc(NC(=O)C(=O)NCC2(O)Cc3ccccc3C2)cc1. The average Bonchev–Trinajstić information content (AvgIpc) is 2.96. The van der Waals surface area contributed by atoms with Crippen LogP contribution in [0.1, 0.15) is 23.6 Å². The summed E-state index contributed by atoms with van der Waals surface area (Å²) in [4.78, 5) is 24.0. The maximum atomic E-state index is 12.0. The Balaban J connectivity index is 1.53. The van der Waals surface area contributed by atoms with Crippen LogP contribution in [0.25, 0.3) is 0 Å². The van der Waals surface area contributed by atoms with Crippen LogP contribution < -0.4 is 10.6 Å². The van der Waals surface area contributed by atoms with Crippen molar-refractivity contribution in [2.24, 2.45) is 0 Å². The van der Waals surface area contributed by atoms with Crippen molar-refractivity contribution in [2.45, 2.75) is 31.8 Å². The number of aliphatic hydroxyl groups is 1. The lowest BCUT2D eigenvalue weighted by molar-refractivity contribution is -0.136. The highest BCUT2D eigenvalue weighted by molar-refractivity contribution is 6.39. The van der Waals surface area contributed by atoms with Gasteiger partial charge in [0.2, 0.25) is 0 Å². The number of hydrogen-bond acceptors (Lipinski definition) is 3. The minimum atomic E-state index is -1.04. The molecule has 0 aromatic heterocycles. The minimum Gasteiger partial charge on any atom is -0.387 e. The summed E-state index contributed by atoms with van der Waals surface area (Å²) in [5.74, 6) is -1.48. The first-order valence-electron chi connectivity index (χ1n) is 8.46. The van der Waals surface area contributed by atoms with Gasteiger partial charge in [-0.05, 0) is 35.2 Å². The van der Waals surface area contributed by atoms with Gasteiger partial charge in [-0.25, -0.2) is 0 Å². The Kier molecular flexibility index (Phi) is 4.86. The second-order valence-corrected chi connectivity index (χ2v) is 6.53. The Bertz CT molecular complexity index is 759. The molecule has 1 aliphatic rings. The minimum absolute atomic E-state index is 0.0444. The highest BCUT2D eigenvalue weighted by atomic mass is 16.3. The summed E-state index contributed by atoms with van der Waals surface area (Å²) in [5, 5.41) is 15.8. The number of anilines is 1. The van der Waals surface area contributed by atoms with Crippen LogP contribution in [-0.4, -0.2) is 29.1 Å². The molecule has 0 saturated carbocycles. The first kappa shape index (κ1) is 17.2. The average molecular weight is 338 g/mol. The van der Waals surface area contributed by atoms with Gasteiger partial charge in [0.15, 0.2) is 0 Å². The standard InChI is InChI=1S/C20H22N2O3/c1-2-14-7-9-17(10-8-14)22-19(24)18(23)21-13-20(25)11-15-5-3-4-6-16(15)12-20/h3-10,25H,2,11-13H2,1H3,(H,21,23)(H,22,24). The first-order chi connectivity index (χ1) is 12.0. The van der Waals surface area contributed by atoms with E-state index >= 15 is 0 Å². The third kappa shape index (κ3) is 4.06. The van der Waals surface area contributed by atoms with Gasteiger partial charge in [-0.2, -0.15) is 0 Å². The molecule has 1 aliphatic carbocycles. The molecule has 0 spiro atoms. The van der Waals surface area contributed by atoms with E-state index in [0.29, 0.717) is 18.5 Å². The van der Waals surface area contributed by atoms with Crippen molar-refractivity contribution in [3.63, 3.8) is 0 Å². The smallest absolute Gasteiger partial charge is 0.313 e. The van der Waals surface area contributed by atoms with Crippen LogP contribution in [0.3, 0.4) is 0 Å². The molecular formula is C20H22N2O3. The van der Waals surface area contributed by atoms with Crippen molar-refractivity contribution in [3.05, 3.63) is 65.2 Å². The lowest BCUT2D eigenvalue weighted by Crippen LogP contribution is -2.46. The summed E-state index contributed by atoms with van der Waals surface area (Å²) in [5.41, 5.74) is 2.86. The summed E-state index contributed by atoms with van der Waals surface area (Å²) in [6.07, 6.45) is 1.86. The highest BCUT2D eigenvalue weighted by Crippen LogP contribution is 2.29. The predicted octanol–water partition coefficient (Wildman–Crippen LogP) is 1.83. The lowest BCUT2D eigenvalue weighted by Gasteiger charge is -2.22. The van der Waals surface area contributed by atoms with Gasteiger partial charge in [0.05, 0.1) is 5.60 Å². The zero-order valence-electron chi connectivity index (χ0n) is 14.2. The molecule has 5 heteroatoms. The summed E-state index contributed by atoms with van der Waals surface area (Å²) in [6, 6.07) is 15.2. The van der Waals surface area contributed by atoms with Crippen molar-refractivity contribution >= 4 is 17.5 Å². The quantitative estimate of drug-likeness (QED) is 0.744. The van der Waals surface area contributed by atoms with E-state index in [1.54, 1.807) is 12.1 Å². The van der Waals surface area contributed by atoms with Crippen LogP contribution in [0.5, 0.6) is 0 Å². The monoisotopic (exact) mass is 338 g/mol. The van der Waals surface area contributed by atoms with E-state index in [1.807, 2.05) is 43.3 Å². The summed E-state index contributed by atoms with van der Waals surface area (Å²) in [7, 11) is 0. The number of amides is 2. The molecule has 0 atom stereocenters. The molecule has 0 saturated heterocycles. The van der Waals surface area contributed by atoms with E-state index in [1.165, 1.54) is 0 Å². The Hall–Kier alpha value is -2.66. The number of benzene rings is 2. The number of aryl methyl sites for hydroxylation is 1. The Morgan fingerprint density at radius 1 is 1.00 bits per heavy atom. The molecule has 0 fully saturated rings. The van der Waals surface area contributed by atoms with Crippen LogP contribution in [-0.2, 0) is 28.9 Å². The van der Waals surface area contributed by atoms with Crippen molar-refractivity contribution in [2.75, 3.05) is 11.9 Å². The molecule has 2 aromatic rings. The maximum absolute atomic E-state index is 12.0. The zero-order valence-corrected chi connectivity index (χ0v) is 14.2. The zero-order chi connectivity index (χ0) is 17.9. The number of hydrogen-bond donors (Lipinski definition) is 3. The van der Waals surface area contributed by atoms with Gasteiger partial charge in [0.25, 0.3) is 0 Å². The van der Waals surface area contributed by atoms with E-state index in [0.717, 1.165) is 23.1 Å². The van der Waals surface area contributed by atoms with Gasteiger partial charge in [-0.3, -0.25) is 9.59 Å². The van der Waals surface area contributed by atoms with Crippen LogP contribution >= 0.6 is 0 Å². The van der Waals surface area contributed by atoms with Gasteiger partial charge in [0, 0.05) is 25.1 Å². The van der Waals surface area contributed by atoms with E-state index in [-0.39, 0.29) is 6.54 Å². The van der Waals surface area contributed by atoms with Crippen LogP contribution in [0.4, 0.5) is 5.69 Å². The molecule has 2 amide bonds. The van der Waals surface area contributed by atoms with E-state index < -0.39 is 17.4 Å². The fourth-order valence-electron chi connectivity index (χ4n) is 3.14. The van der Waals surface area contributed by atoms with Gasteiger partial charge in [-0.1, -0.05) is 43.3 Å². The van der Waals surface area contributed by atoms with Crippen LogP contribution in [0.15, 0.2) is 48.5 Å². The third-order valence-corrected chi connectivity index (χ3v) is 4.56. The molecule has 0 aliphatic heterocycles. The normalized spacial score (nSPS) is 14.6. The first-order valence-corrected chi connectivity index (χ1v) is 8.46. The molecule has 0 radical (unpaired) electrons. The van der Waals surface area contributed by atoms with Gasteiger partial charge in [0.1, 0.15) is 0 Å². The molecule has 3 rings (SSSR count). The van der Waals surface area contributed by atoms with Crippen molar-refractivity contribution < 1.29 is 14.7 Å². The maximum Gasteiger partial charge on any atom is 0.313 e. The number of nitrogens with one attached hydrogen (secondary N) is 2. The second kappa shape index (κ2) is 7.07. The summed E-state index contributed by atoms with van der Waals surface area (Å²) in [6.45, 7) is 2.09. The molecular weight excluding hydrogens is 316 g/mol. The van der Waals surface area contributed by atoms with E-state index in [4.69, 9.17) is 0 Å². The molecule has 130 valence electrons. The predicted molar refractivity (Wildman–Crippen MR) is 96.3 cm³/mol. The summed E-state index contributed by atoms with van der Waals surface area (Å²) < 4.78 is 0. The van der Waals surface area contributed by atoms with Crippen molar-refractivity contribution in [3.8, 4) is 0 Å². The fourth-order valence-corrected chi connectivity index (χ4v) is 3.14. The highest BCUT2D eigenvalue weighted by Gasteiger charge is 2.35. The lowest BCUT2D eigenvalue weighted by atomic mass is 10.0. The van der Waals surface area contributed by atoms with Crippen LogP contribution in [0, 0.1) is 0 Å². The Morgan fingerprint density at radius 3 is 2.16 bits per heavy atom. The number of fused-ring (bicyclic) bond motifs is 1. The van der Waals surface area contributed by atoms with Gasteiger partial charge < -0.3 is 15.7 Å². The largest absolute Gasteiger partial charge is 0.387 e. The Labute approximate surface area is 147 Å². The molecule has 5 nitrogen and oxygen atoms in total. The number of rotatable bonds is 4. The molecule has 0 unspecified atom stereocenters. The summed E-state index contributed by atoms with van der Waals surface area (Å²) >= 11 is 0. The van der Waals surface area contributed by atoms with Gasteiger partial charge >= 0.3 is 11.8 Å². The number of carbonyl (C=O) groups is 2. The number of carbonyl (C=O) groups excluding carboxylic acids is 2. The molecule has 2 aromatic carbocycles. The fraction of sp³-hybridized carbons (Fsp3) is 0.300. The third-order valence-electron chi connectivity index (χ3n) is 4.56. The topological polar surface area (TPSA) is 78.4 Å². The van der Waals surface area contributed by atoms with Crippen molar-refractivity contribution in [1.29, 1.82) is 0 Å². The van der Waals surface area contributed by atoms with Crippen molar-refractivity contribution in [1.82, 2.24) is 5.32 Å². The molecule has 0 bridgehead atoms. The van der Waals surface area contributed by atoms with E-state index in [2.05, 4.69) is 10.6 Å². The molecule has 0 heterocycles. The molecule has 3 N–H and O–H groups in total. The second-order valence-electron chi connectivity index (χ2n) is 6.53. The van der Waals surface area contributed by atoms with E-state index in [9.17, 15) is 14.7 Å². The van der Waals surface area contributed by atoms with Crippen LogP contribution in [0.2, 0.25) is 0 Å². The Morgan fingerprint density at radius 2 is 1.60 bits per heavy atom. The molecule has 25 heavy (non-hydrogen) atoms. The van der Waals surface area contributed by atoms with Gasteiger partial charge in [-0.15, -0.1) is 0 Å².